The monoisotopic (exact) mass is 250 g/mol. The molecular weight excluding hydrogens is 236 g/mol. The molecule has 1 aliphatic carbocycles. The summed E-state index contributed by atoms with van der Waals surface area (Å²) in [5, 5.41) is 4.54. The van der Waals surface area contributed by atoms with E-state index in [1.165, 1.54) is 18.2 Å². The Morgan fingerprint density at radius 3 is 2.95 bits per heavy atom. The van der Waals surface area contributed by atoms with Crippen molar-refractivity contribution in [2.75, 3.05) is 5.32 Å². The molecule has 0 spiro atoms. The van der Waals surface area contributed by atoms with E-state index < -0.39 is 0 Å². The van der Waals surface area contributed by atoms with E-state index in [0.717, 1.165) is 22.7 Å². The topological polar surface area (TPSA) is 53.6 Å². The van der Waals surface area contributed by atoms with Gasteiger partial charge in [0.05, 0.1) is 0 Å². The maximum atomic E-state index is 4.33. The molecule has 0 atom stereocenters. The summed E-state index contributed by atoms with van der Waals surface area (Å²) >= 11 is 0. The lowest BCUT2D eigenvalue weighted by Crippen LogP contribution is -1.96. The van der Waals surface area contributed by atoms with Gasteiger partial charge in [0, 0.05) is 40.5 Å². The summed E-state index contributed by atoms with van der Waals surface area (Å²) in [6.07, 6.45) is 6.10. The summed E-state index contributed by atoms with van der Waals surface area (Å²) in [6, 6.07) is 10.4. The molecule has 4 nitrogen and oxygen atoms in total. The van der Waals surface area contributed by atoms with Crippen molar-refractivity contribution in [3.8, 4) is 0 Å². The van der Waals surface area contributed by atoms with Crippen molar-refractivity contribution in [2.45, 2.75) is 18.8 Å². The van der Waals surface area contributed by atoms with Crippen molar-refractivity contribution in [2.24, 2.45) is 0 Å². The summed E-state index contributed by atoms with van der Waals surface area (Å²) in [6.45, 7) is 0. The molecule has 0 bridgehead atoms. The van der Waals surface area contributed by atoms with Crippen LogP contribution in [0.3, 0.4) is 0 Å². The van der Waals surface area contributed by atoms with Crippen molar-refractivity contribution in [3.05, 3.63) is 48.5 Å². The van der Waals surface area contributed by atoms with Gasteiger partial charge in [-0.25, -0.2) is 9.97 Å². The molecule has 1 fully saturated rings. The van der Waals surface area contributed by atoms with Crippen LogP contribution in [0, 0.1) is 0 Å². The van der Waals surface area contributed by atoms with Crippen molar-refractivity contribution in [1.29, 1.82) is 0 Å². The van der Waals surface area contributed by atoms with Gasteiger partial charge < -0.3 is 10.3 Å². The Morgan fingerprint density at radius 1 is 1.11 bits per heavy atom. The predicted octanol–water partition coefficient (Wildman–Crippen LogP) is 3.58. The largest absolute Gasteiger partial charge is 0.361 e. The normalized spacial score (nSPS) is 14.7. The van der Waals surface area contributed by atoms with E-state index in [4.69, 9.17) is 0 Å². The number of fused-ring (bicyclic) bond motifs is 1. The molecule has 94 valence electrons. The number of anilines is 2. The van der Waals surface area contributed by atoms with Crippen LogP contribution in [0.1, 0.15) is 24.5 Å². The highest BCUT2D eigenvalue weighted by Crippen LogP contribution is 2.39. The van der Waals surface area contributed by atoms with Gasteiger partial charge in [0.15, 0.2) is 0 Å². The average Bonchev–Trinajstić information content (AvgIpc) is 3.18. The van der Waals surface area contributed by atoms with Gasteiger partial charge >= 0.3 is 0 Å². The average molecular weight is 250 g/mol. The summed E-state index contributed by atoms with van der Waals surface area (Å²) in [7, 11) is 0. The first-order valence-electron chi connectivity index (χ1n) is 6.54. The first-order valence-corrected chi connectivity index (χ1v) is 6.54. The van der Waals surface area contributed by atoms with Crippen molar-refractivity contribution >= 4 is 22.4 Å². The highest BCUT2D eigenvalue weighted by atomic mass is 15.0. The highest BCUT2D eigenvalue weighted by Gasteiger charge is 2.25. The van der Waals surface area contributed by atoms with Gasteiger partial charge in [-0.15, -0.1) is 0 Å². The zero-order valence-electron chi connectivity index (χ0n) is 10.4. The van der Waals surface area contributed by atoms with Crippen LogP contribution in [0.25, 0.3) is 10.9 Å². The molecule has 0 aliphatic heterocycles. The minimum Gasteiger partial charge on any atom is -0.361 e. The molecule has 4 rings (SSSR count). The Labute approximate surface area is 110 Å². The number of nitrogens with zero attached hydrogens (tertiary/aromatic N) is 2. The zero-order valence-corrected chi connectivity index (χ0v) is 10.4. The number of benzene rings is 1. The van der Waals surface area contributed by atoms with E-state index in [-0.39, 0.29) is 0 Å². The molecule has 4 heteroatoms. The fraction of sp³-hybridized carbons (Fsp3) is 0.200. The van der Waals surface area contributed by atoms with E-state index in [1.807, 2.05) is 6.20 Å². The molecule has 2 aromatic heterocycles. The summed E-state index contributed by atoms with van der Waals surface area (Å²) in [5.74, 6) is 1.52. The lowest BCUT2D eigenvalue weighted by atomic mass is 10.2. The fourth-order valence-electron chi connectivity index (χ4n) is 2.32. The van der Waals surface area contributed by atoms with Crippen LogP contribution in [0.4, 0.5) is 11.5 Å². The molecule has 2 heterocycles. The van der Waals surface area contributed by atoms with Crippen molar-refractivity contribution in [3.63, 3.8) is 0 Å². The SMILES string of the molecule is c1nc(Nc2ccc3[nH]ccc3c2)cc(C2CC2)n1. The Kier molecular flexibility index (Phi) is 2.27. The zero-order chi connectivity index (χ0) is 12.7. The van der Waals surface area contributed by atoms with E-state index >= 15 is 0 Å². The van der Waals surface area contributed by atoms with E-state index in [0.29, 0.717) is 5.92 Å². The van der Waals surface area contributed by atoms with Crippen LogP contribution < -0.4 is 5.32 Å². The molecule has 1 aromatic carbocycles. The van der Waals surface area contributed by atoms with E-state index in [2.05, 4.69) is 50.6 Å². The molecule has 2 N–H and O–H groups in total. The van der Waals surface area contributed by atoms with Crippen molar-refractivity contribution in [1.82, 2.24) is 15.0 Å². The number of hydrogen-bond donors (Lipinski definition) is 2. The molecule has 0 radical (unpaired) electrons. The van der Waals surface area contributed by atoms with Gasteiger partial charge in [0.1, 0.15) is 12.1 Å². The number of H-pyrrole nitrogens is 1. The number of aromatic amines is 1. The van der Waals surface area contributed by atoms with Gasteiger partial charge in [0.25, 0.3) is 0 Å². The van der Waals surface area contributed by atoms with Gasteiger partial charge in [-0.2, -0.15) is 0 Å². The molecule has 19 heavy (non-hydrogen) atoms. The fourth-order valence-corrected chi connectivity index (χ4v) is 2.32. The number of rotatable bonds is 3. The number of hydrogen-bond acceptors (Lipinski definition) is 3. The first kappa shape index (κ1) is 10.6. The summed E-state index contributed by atoms with van der Waals surface area (Å²) < 4.78 is 0. The predicted molar refractivity (Wildman–Crippen MR) is 75.6 cm³/mol. The Hall–Kier alpha value is -2.36. The second-order valence-electron chi connectivity index (χ2n) is 5.01. The first-order chi connectivity index (χ1) is 9.38. The number of nitrogens with one attached hydrogen (secondary N) is 2. The van der Waals surface area contributed by atoms with E-state index in [9.17, 15) is 0 Å². The van der Waals surface area contributed by atoms with Crippen LogP contribution in [0.2, 0.25) is 0 Å². The maximum absolute atomic E-state index is 4.33. The standard InChI is InChI=1S/C15H14N4/c1-2-10(1)14-8-15(18-9-17-14)19-12-3-4-13-11(7-12)5-6-16-13/h3-10,16H,1-2H2,(H,17,18,19). The molecule has 0 unspecified atom stereocenters. The minimum absolute atomic E-state index is 0.649. The van der Waals surface area contributed by atoms with Crippen molar-refractivity contribution < 1.29 is 0 Å². The van der Waals surface area contributed by atoms with Crippen LogP contribution in [-0.4, -0.2) is 15.0 Å². The van der Waals surface area contributed by atoms with Gasteiger partial charge in [-0.3, -0.25) is 0 Å². The molecule has 3 aromatic rings. The Bertz CT molecular complexity index is 728. The van der Waals surface area contributed by atoms with Gasteiger partial charge in [0.2, 0.25) is 0 Å². The smallest absolute Gasteiger partial charge is 0.133 e. The maximum Gasteiger partial charge on any atom is 0.133 e. The highest BCUT2D eigenvalue weighted by molar-refractivity contribution is 5.83. The lowest BCUT2D eigenvalue weighted by Gasteiger charge is -2.06. The summed E-state index contributed by atoms with van der Waals surface area (Å²) in [5.41, 5.74) is 3.35. The third kappa shape index (κ3) is 2.05. The molecule has 0 saturated heterocycles. The Balaban J connectivity index is 1.64. The third-order valence-corrected chi connectivity index (χ3v) is 3.51. The van der Waals surface area contributed by atoms with Crippen LogP contribution in [0.5, 0.6) is 0 Å². The Morgan fingerprint density at radius 2 is 2.05 bits per heavy atom. The van der Waals surface area contributed by atoms with E-state index in [1.54, 1.807) is 6.33 Å². The quantitative estimate of drug-likeness (QED) is 0.747. The molecule has 1 aliphatic rings. The molecule has 1 saturated carbocycles. The van der Waals surface area contributed by atoms with Gasteiger partial charge in [-0.1, -0.05) is 0 Å². The third-order valence-electron chi connectivity index (χ3n) is 3.51. The van der Waals surface area contributed by atoms with Crippen LogP contribution in [-0.2, 0) is 0 Å². The van der Waals surface area contributed by atoms with Gasteiger partial charge in [-0.05, 0) is 37.1 Å². The number of aromatic nitrogens is 3. The second kappa shape index (κ2) is 4.09. The second-order valence-corrected chi connectivity index (χ2v) is 5.01. The minimum atomic E-state index is 0.649. The lowest BCUT2D eigenvalue weighted by molar-refractivity contribution is 0.990. The molecular formula is C15H14N4. The summed E-state index contributed by atoms with van der Waals surface area (Å²) in [4.78, 5) is 11.8. The van der Waals surface area contributed by atoms with Crippen LogP contribution >= 0.6 is 0 Å². The molecule has 0 amide bonds. The van der Waals surface area contributed by atoms with Crippen LogP contribution in [0.15, 0.2) is 42.9 Å².